The van der Waals surface area contributed by atoms with Crippen molar-refractivity contribution in [3.05, 3.63) is 28.8 Å². The van der Waals surface area contributed by atoms with Gasteiger partial charge in [0, 0.05) is 10.9 Å². The number of tetrazole rings is 1. The highest BCUT2D eigenvalue weighted by Gasteiger charge is 2.41. The molecule has 2 rings (SSSR count). The lowest BCUT2D eigenvalue weighted by molar-refractivity contribution is -0.584. The predicted molar refractivity (Wildman–Crippen MR) is 77.7 cm³/mol. The van der Waals surface area contributed by atoms with Crippen molar-refractivity contribution in [2.75, 3.05) is 6.73 Å². The zero-order valence-corrected chi connectivity index (χ0v) is 14.1. The highest BCUT2D eigenvalue weighted by molar-refractivity contribution is 7.47. The fraction of sp³-hybridized carbons (Fsp3) is 0.400. The minimum atomic E-state index is -4.58. The third kappa shape index (κ3) is 4.67. The Bertz CT molecular complexity index is 880. The topological polar surface area (TPSA) is 156 Å². The Labute approximate surface area is 140 Å². The van der Waals surface area contributed by atoms with Crippen molar-refractivity contribution in [3.8, 4) is 0 Å². The summed E-state index contributed by atoms with van der Waals surface area (Å²) in [5.74, 6) is 0. The molecule has 1 aromatic rings. The van der Waals surface area contributed by atoms with E-state index in [1.54, 1.807) is 26.0 Å². The van der Waals surface area contributed by atoms with Gasteiger partial charge in [0.2, 0.25) is 0 Å². The minimum absolute atomic E-state index is 0.676. The van der Waals surface area contributed by atoms with Crippen molar-refractivity contribution in [1.82, 2.24) is 19.8 Å². The van der Waals surface area contributed by atoms with Crippen LogP contribution >= 0.6 is 7.82 Å². The summed E-state index contributed by atoms with van der Waals surface area (Å²) in [6, 6.07) is -0.677. The molecule has 134 valence electrons. The first kappa shape index (κ1) is 18.7. The highest BCUT2D eigenvalue weighted by atomic mass is 31.2. The lowest BCUT2D eigenvalue weighted by atomic mass is 10.7. The predicted octanol–water partition coefficient (Wildman–Crippen LogP) is 0.491. The van der Waals surface area contributed by atoms with Gasteiger partial charge in [0.25, 0.3) is 12.0 Å². The number of nitrogens with zero attached hydrogens (tertiary/aromatic N) is 8. The third-order valence-electron chi connectivity index (χ3n) is 2.59. The maximum absolute atomic E-state index is 11.8. The Hall–Kier alpha value is -2.67. The molecule has 1 N–H and O–H groups in total. The summed E-state index contributed by atoms with van der Waals surface area (Å²) in [6.45, 7) is 1.99. The number of carbonyl (C=O) groups excluding carboxylic acids is 1. The van der Waals surface area contributed by atoms with Gasteiger partial charge in [0.05, 0.1) is 0 Å². The second kappa shape index (κ2) is 7.94. The molecule has 0 aliphatic carbocycles. The van der Waals surface area contributed by atoms with E-state index < -0.39 is 33.0 Å². The van der Waals surface area contributed by atoms with E-state index in [1.165, 1.54) is 12.4 Å². The number of amides is 2. The summed E-state index contributed by atoms with van der Waals surface area (Å²) in [5, 5.41) is 13.9. The van der Waals surface area contributed by atoms with Crippen LogP contribution in [-0.2, 0) is 20.3 Å². The zero-order chi connectivity index (χ0) is 18.4. The number of hydrogen-bond donors (Lipinski definition) is 1. The first-order chi connectivity index (χ1) is 11.9. The SMILES string of the molecule is C/C=C/n1nnn(COP(=O)(O)OC[N+]2=NN=[N+](/C=C/C)C2=O)c1=O. The lowest BCUT2D eigenvalue weighted by Crippen LogP contribution is -2.25. The molecule has 1 unspecified atom stereocenters. The standard InChI is InChI=1S/C10H14N8O6P/c1-3-5-15-9(19)17(13-11-15)7-23-25(21,22)24-8-18-10(20)16(6-4-2)12-14-18/h3-6H,7-8H2,1-2H3/q+1/p+1/b5-3+,6-4+. The molecule has 0 spiro atoms. The van der Waals surface area contributed by atoms with Gasteiger partial charge in [-0.1, -0.05) is 6.08 Å². The van der Waals surface area contributed by atoms with Crippen molar-refractivity contribution < 1.29 is 32.7 Å². The van der Waals surface area contributed by atoms with E-state index >= 15 is 0 Å². The fourth-order valence-electron chi connectivity index (χ4n) is 1.50. The average Bonchev–Trinajstić information content (AvgIpc) is 3.09. The number of hydrogen-bond acceptors (Lipinski definition) is 9. The van der Waals surface area contributed by atoms with E-state index in [4.69, 9.17) is 0 Å². The normalized spacial score (nSPS) is 17.3. The van der Waals surface area contributed by atoms with Gasteiger partial charge in [-0.2, -0.15) is 14.2 Å². The van der Waals surface area contributed by atoms with Crippen LogP contribution in [0.15, 0.2) is 33.6 Å². The fourth-order valence-corrected chi connectivity index (χ4v) is 2.08. The molecular formula is C10H15N8O6P+2. The molecule has 1 aliphatic heterocycles. The Morgan fingerprint density at radius 2 is 1.96 bits per heavy atom. The van der Waals surface area contributed by atoms with Crippen LogP contribution in [0.2, 0.25) is 0 Å². The number of urea groups is 1. The van der Waals surface area contributed by atoms with Gasteiger partial charge in [-0.3, -0.25) is 4.52 Å². The third-order valence-corrected chi connectivity index (χ3v) is 3.47. The van der Waals surface area contributed by atoms with Crippen LogP contribution in [0.4, 0.5) is 4.79 Å². The van der Waals surface area contributed by atoms with Crippen LogP contribution < -0.4 is 5.69 Å². The van der Waals surface area contributed by atoms with E-state index in [1.807, 2.05) is 0 Å². The monoisotopic (exact) mass is 374 g/mol. The van der Waals surface area contributed by atoms with Crippen molar-refractivity contribution in [2.45, 2.75) is 20.6 Å². The molecule has 0 fully saturated rings. The molecule has 0 saturated carbocycles. The molecule has 2 amide bonds. The van der Waals surface area contributed by atoms with E-state index in [0.29, 0.717) is 9.38 Å². The van der Waals surface area contributed by atoms with Gasteiger partial charge < -0.3 is 4.89 Å². The second-order valence-electron chi connectivity index (χ2n) is 4.36. The molecule has 0 bridgehead atoms. The highest BCUT2D eigenvalue weighted by Crippen LogP contribution is 2.43. The summed E-state index contributed by atoms with van der Waals surface area (Å²) in [5.41, 5.74) is -0.677. The summed E-state index contributed by atoms with van der Waals surface area (Å²) < 4.78 is 24.3. The van der Waals surface area contributed by atoms with Crippen LogP contribution in [0.5, 0.6) is 0 Å². The van der Waals surface area contributed by atoms with Crippen molar-refractivity contribution in [1.29, 1.82) is 0 Å². The van der Waals surface area contributed by atoms with Crippen LogP contribution in [-0.4, -0.2) is 46.8 Å². The van der Waals surface area contributed by atoms with E-state index in [2.05, 4.69) is 29.9 Å². The van der Waals surface area contributed by atoms with Gasteiger partial charge >= 0.3 is 24.8 Å². The minimum Gasteiger partial charge on any atom is -0.302 e. The second-order valence-corrected chi connectivity index (χ2v) is 5.81. The van der Waals surface area contributed by atoms with Gasteiger partial charge in [-0.05, 0) is 30.4 Å². The summed E-state index contributed by atoms with van der Waals surface area (Å²) in [4.78, 5) is 33.1. The Kier molecular flexibility index (Phi) is 5.93. The largest absolute Gasteiger partial charge is 0.640 e. The molecule has 1 aliphatic rings. The molecule has 2 heterocycles. The molecular weight excluding hydrogens is 359 g/mol. The number of carbonyl (C=O) groups is 1. The molecule has 0 aromatic carbocycles. The van der Waals surface area contributed by atoms with Crippen molar-refractivity contribution >= 4 is 20.1 Å². The summed E-state index contributed by atoms with van der Waals surface area (Å²) >= 11 is 0. The van der Waals surface area contributed by atoms with Gasteiger partial charge in [-0.25, -0.2) is 13.9 Å². The number of rotatable bonds is 8. The number of aromatic nitrogens is 4. The maximum Gasteiger partial charge on any atom is 0.640 e. The first-order valence-electron chi connectivity index (χ1n) is 6.80. The van der Waals surface area contributed by atoms with Crippen LogP contribution in [0.3, 0.4) is 0 Å². The average molecular weight is 374 g/mol. The summed E-state index contributed by atoms with van der Waals surface area (Å²) in [7, 11) is -4.58. The van der Waals surface area contributed by atoms with Gasteiger partial charge in [-0.15, -0.1) is 0 Å². The van der Waals surface area contributed by atoms with Crippen LogP contribution in [0, 0.1) is 0 Å². The van der Waals surface area contributed by atoms with Crippen molar-refractivity contribution in [2.24, 2.45) is 10.4 Å². The molecule has 0 radical (unpaired) electrons. The zero-order valence-electron chi connectivity index (χ0n) is 13.2. The number of allylic oxidation sites excluding steroid dienone is 2. The molecule has 25 heavy (non-hydrogen) atoms. The van der Waals surface area contributed by atoms with E-state index in [0.717, 1.165) is 9.38 Å². The van der Waals surface area contributed by atoms with E-state index in [-0.39, 0.29) is 0 Å². The molecule has 1 aromatic heterocycles. The Morgan fingerprint density at radius 1 is 1.20 bits per heavy atom. The van der Waals surface area contributed by atoms with Crippen LogP contribution in [0.25, 0.3) is 6.20 Å². The smallest absolute Gasteiger partial charge is 0.302 e. The molecule has 14 nitrogen and oxygen atoms in total. The van der Waals surface area contributed by atoms with Crippen molar-refractivity contribution in [3.63, 3.8) is 0 Å². The lowest BCUT2D eigenvalue weighted by Gasteiger charge is -2.08. The molecule has 15 heteroatoms. The van der Waals surface area contributed by atoms with Gasteiger partial charge in [0.1, 0.15) is 4.70 Å². The quantitative estimate of drug-likeness (QED) is 0.509. The van der Waals surface area contributed by atoms with E-state index in [9.17, 15) is 19.0 Å². The first-order valence-corrected chi connectivity index (χ1v) is 8.29. The molecule has 1 atom stereocenters. The number of phosphoric ester groups is 1. The maximum atomic E-state index is 11.8. The Morgan fingerprint density at radius 3 is 2.64 bits per heavy atom. The molecule has 0 saturated heterocycles. The number of phosphoric acid groups is 1. The van der Waals surface area contributed by atoms with Gasteiger partial charge in [0.15, 0.2) is 12.9 Å². The summed E-state index contributed by atoms with van der Waals surface area (Å²) in [6.07, 6.45) is 5.81. The Balaban J connectivity index is 1.90. The van der Waals surface area contributed by atoms with Crippen LogP contribution in [0.1, 0.15) is 13.8 Å².